The minimum atomic E-state index is 0.0666. The minimum Gasteiger partial charge on any atom is -0.508 e. The average molecular weight is 374 g/mol. The molecular weight excluding hydrogens is 338 g/mol. The van der Waals surface area contributed by atoms with E-state index in [1.807, 2.05) is 17.0 Å². The van der Waals surface area contributed by atoms with E-state index in [0.29, 0.717) is 6.54 Å². The van der Waals surface area contributed by atoms with Gasteiger partial charge >= 0.3 is 6.03 Å². The van der Waals surface area contributed by atoms with Crippen LogP contribution < -0.4 is 5.32 Å². The number of likely N-dealkylation sites (tertiary alicyclic amines) is 2. The molecule has 2 aliphatic rings. The number of amides is 2. The van der Waals surface area contributed by atoms with Gasteiger partial charge in [0.1, 0.15) is 5.75 Å². The third-order valence-electron chi connectivity index (χ3n) is 6.29. The summed E-state index contributed by atoms with van der Waals surface area (Å²) in [4.78, 5) is 17.0. The summed E-state index contributed by atoms with van der Waals surface area (Å²) in [6.45, 7) is 7.26. The van der Waals surface area contributed by atoms with Crippen LogP contribution in [0.3, 0.4) is 0 Å². The van der Waals surface area contributed by atoms with Crippen LogP contribution >= 0.6 is 0 Å². The van der Waals surface area contributed by atoms with Crippen molar-refractivity contribution in [1.29, 1.82) is 0 Å². The Kier molecular flexibility index (Phi) is 7.39. The van der Waals surface area contributed by atoms with Crippen LogP contribution in [0.1, 0.15) is 51.0 Å². The summed E-state index contributed by atoms with van der Waals surface area (Å²) < 4.78 is 0. The van der Waals surface area contributed by atoms with E-state index in [9.17, 15) is 9.90 Å². The van der Waals surface area contributed by atoms with E-state index in [-0.39, 0.29) is 11.8 Å². The van der Waals surface area contributed by atoms with Crippen molar-refractivity contribution in [3.8, 4) is 5.75 Å². The molecule has 2 saturated heterocycles. The molecule has 1 atom stereocenters. The zero-order valence-electron chi connectivity index (χ0n) is 16.7. The molecule has 1 aromatic rings. The first-order valence-electron chi connectivity index (χ1n) is 10.7. The Morgan fingerprint density at radius 2 is 1.85 bits per heavy atom. The predicted molar refractivity (Wildman–Crippen MR) is 109 cm³/mol. The van der Waals surface area contributed by atoms with E-state index in [0.717, 1.165) is 49.9 Å². The molecule has 27 heavy (non-hydrogen) atoms. The number of piperidine rings is 2. The molecule has 0 aliphatic carbocycles. The lowest BCUT2D eigenvalue weighted by atomic mass is 9.92. The van der Waals surface area contributed by atoms with Gasteiger partial charge in [0.2, 0.25) is 0 Å². The van der Waals surface area contributed by atoms with Gasteiger partial charge in [-0.3, -0.25) is 0 Å². The molecule has 0 aromatic heterocycles. The number of nitrogens with zero attached hydrogens (tertiary/aromatic N) is 2. The molecular formula is C22H35N3O2. The van der Waals surface area contributed by atoms with Crippen LogP contribution in [0.4, 0.5) is 4.79 Å². The highest BCUT2D eigenvalue weighted by Gasteiger charge is 2.24. The Morgan fingerprint density at radius 1 is 1.11 bits per heavy atom. The fourth-order valence-electron chi connectivity index (χ4n) is 4.35. The SMILES string of the molecule is CC1CCCCN1CCC1CCN(C(=O)NCCc2ccc(O)cc2)CC1. The van der Waals surface area contributed by atoms with E-state index in [4.69, 9.17) is 0 Å². The molecule has 5 heteroatoms. The molecule has 5 nitrogen and oxygen atoms in total. The number of rotatable bonds is 6. The molecule has 150 valence electrons. The van der Waals surface area contributed by atoms with E-state index in [1.54, 1.807) is 12.1 Å². The largest absolute Gasteiger partial charge is 0.508 e. The molecule has 0 bridgehead atoms. The fourth-order valence-corrected chi connectivity index (χ4v) is 4.35. The van der Waals surface area contributed by atoms with Crippen molar-refractivity contribution >= 4 is 6.03 Å². The van der Waals surface area contributed by atoms with Crippen LogP contribution in [-0.4, -0.2) is 59.7 Å². The van der Waals surface area contributed by atoms with Crippen LogP contribution in [0, 0.1) is 5.92 Å². The predicted octanol–water partition coefficient (Wildman–Crippen LogP) is 3.62. The van der Waals surface area contributed by atoms with Crippen molar-refractivity contribution in [2.45, 2.75) is 57.9 Å². The van der Waals surface area contributed by atoms with Crippen molar-refractivity contribution in [2.24, 2.45) is 5.92 Å². The van der Waals surface area contributed by atoms with Gasteiger partial charge in [-0.05, 0) is 82.2 Å². The number of carbonyl (C=O) groups excluding carboxylic acids is 1. The molecule has 2 N–H and O–H groups in total. The monoisotopic (exact) mass is 373 g/mol. The second-order valence-corrected chi connectivity index (χ2v) is 8.25. The third-order valence-corrected chi connectivity index (χ3v) is 6.29. The maximum atomic E-state index is 12.4. The minimum absolute atomic E-state index is 0.0666. The van der Waals surface area contributed by atoms with E-state index in [1.165, 1.54) is 38.8 Å². The smallest absolute Gasteiger partial charge is 0.317 e. The Balaban J connectivity index is 1.31. The molecule has 1 aromatic carbocycles. The first-order valence-corrected chi connectivity index (χ1v) is 10.7. The first kappa shape index (κ1) is 20.0. The van der Waals surface area contributed by atoms with Gasteiger partial charge in [0, 0.05) is 25.7 Å². The number of urea groups is 1. The number of phenols is 1. The number of hydrogen-bond donors (Lipinski definition) is 2. The van der Waals surface area contributed by atoms with Crippen LogP contribution in [-0.2, 0) is 6.42 Å². The summed E-state index contributed by atoms with van der Waals surface area (Å²) in [6.07, 6.45) is 8.42. The first-order chi connectivity index (χ1) is 13.1. The van der Waals surface area contributed by atoms with Gasteiger partial charge < -0.3 is 20.2 Å². The topological polar surface area (TPSA) is 55.8 Å². The second-order valence-electron chi connectivity index (χ2n) is 8.25. The molecule has 0 saturated carbocycles. The summed E-state index contributed by atoms with van der Waals surface area (Å²) in [7, 11) is 0. The van der Waals surface area contributed by atoms with E-state index >= 15 is 0 Å². The fraction of sp³-hybridized carbons (Fsp3) is 0.682. The van der Waals surface area contributed by atoms with Crippen molar-refractivity contribution in [3.05, 3.63) is 29.8 Å². The highest BCUT2D eigenvalue weighted by Crippen LogP contribution is 2.23. The Hall–Kier alpha value is -1.75. The molecule has 2 amide bonds. The quantitative estimate of drug-likeness (QED) is 0.801. The van der Waals surface area contributed by atoms with Crippen LogP contribution in [0.15, 0.2) is 24.3 Å². The van der Waals surface area contributed by atoms with Crippen LogP contribution in [0.2, 0.25) is 0 Å². The highest BCUT2D eigenvalue weighted by molar-refractivity contribution is 5.74. The Bertz CT molecular complexity index is 582. The van der Waals surface area contributed by atoms with Gasteiger partial charge in [-0.2, -0.15) is 0 Å². The number of aromatic hydroxyl groups is 1. The maximum Gasteiger partial charge on any atom is 0.317 e. The van der Waals surface area contributed by atoms with Crippen molar-refractivity contribution in [2.75, 3.05) is 32.7 Å². The molecule has 1 unspecified atom stereocenters. The van der Waals surface area contributed by atoms with Gasteiger partial charge in [0.25, 0.3) is 0 Å². The van der Waals surface area contributed by atoms with Crippen molar-refractivity contribution < 1.29 is 9.90 Å². The highest BCUT2D eigenvalue weighted by atomic mass is 16.3. The normalized spacial score (nSPS) is 22.0. The number of carbonyl (C=O) groups is 1. The molecule has 0 spiro atoms. The summed E-state index contributed by atoms with van der Waals surface area (Å²) in [5.74, 6) is 1.04. The van der Waals surface area contributed by atoms with Crippen LogP contribution in [0.5, 0.6) is 5.75 Å². The summed E-state index contributed by atoms with van der Waals surface area (Å²) in [5.41, 5.74) is 1.12. The lowest BCUT2D eigenvalue weighted by Crippen LogP contribution is -2.45. The summed E-state index contributed by atoms with van der Waals surface area (Å²) in [6, 6.07) is 7.99. The Morgan fingerprint density at radius 3 is 2.56 bits per heavy atom. The lowest BCUT2D eigenvalue weighted by Gasteiger charge is -2.36. The van der Waals surface area contributed by atoms with Gasteiger partial charge in [0.05, 0.1) is 0 Å². The maximum absolute atomic E-state index is 12.4. The second kappa shape index (κ2) is 9.98. The van der Waals surface area contributed by atoms with Crippen LogP contribution in [0.25, 0.3) is 0 Å². The zero-order valence-corrected chi connectivity index (χ0v) is 16.7. The summed E-state index contributed by atoms with van der Waals surface area (Å²) in [5, 5.41) is 12.3. The van der Waals surface area contributed by atoms with E-state index < -0.39 is 0 Å². The van der Waals surface area contributed by atoms with Gasteiger partial charge in [-0.15, -0.1) is 0 Å². The zero-order chi connectivity index (χ0) is 19.1. The third kappa shape index (κ3) is 6.13. The van der Waals surface area contributed by atoms with Gasteiger partial charge in [-0.25, -0.2) is 4.79 Å². The molecule has 0 radical (unpaired) electrons. The molecule has 2 heterocycles. The van der Waals surface area contributed by atoms with Gasteiger partial charge in [-0.1, -0.05) is 18.6 Å². The number of benzene rings is 1. The Labute approximate surface area is 163 Å². The van der Waals surface area contributed by atoms with E-state index in [2.05, 4.69) is 17.1 Å². The number of phenolic OH excluding ortho intramolecular Hbond substituents is 1. The molecule has 2 fully saturated rings. The standard InChI is InChI=1S/C22H35N3O2/c1-18-4-2-3-14-24(18)15-10-20-11-16-25(17-12-20)22(27)23-13-9-19-5-7-21(26)8-6-19/h5-8,18,20,26H,2-4,9-17H2,1H3,(H,23,27). The summed E-state index contributed by atoms with van der Waals surface area (Å²) >= 11 is 0. The van der Waals surface area contributed by atoms with Crippen molar-refractivity contribution in [3.63, 3.8) is 0 Å². The average Bonchev–Trinajstić information content (AvgIpc) is 2.69. The van der Waals surface area contributed by atoms with Crippen molar-refractivity contribution in [1.82, 2.24) is 15.1 Å². The number of hydrogen-bond acceptors (Lipinski definition) is 3. The lowest BCUT2D eigenvalue weighted by molar-refractivity contribution is 0.132. The number of nitrogens with one attached hydrogen (secondary N) is 1. The molecule has 3 rings (SSSR count). The van der Waals surface area contributed by atoms with Gasteiger partial charge in [0.15, 0.2) is 0 Å². The molecule has 2 aliphatic heterocycles.